The van der Waals surface area contributed by atoms with Crippen LogP contribution in [0.3, 0.4) is 0 Å². The van der Waals surface area contributed by atoms with Crippen LogP contribution in [0.25, 0.3) is 0 Å². The zero-order valence-corrected chi connectivity index (χ0v) is 6.54. The topological polar surface area (TPSA) is 25.8 Å². The van der Waals surface area contributed by atoms with Gasteiger partial charge in [-0.25, -0.2) is 15.9 Å². The fraction of sp³-hybridized carbons (Fsp3) is 0.500. The standard InChI is InChI=1S/C4H8N2S2/c1-8(2)4-5-3-6-7-4/h3,8H,1-2H3. The van der Waals surface area contributed by atoms with Crippen LogP contribution in [0.15, 0.2) is 10.7 Å². The van der Waals surface area contributed by atoms with Gasteiger partial charge in [0, 0.05) is 0 Å². The van der Waals surface area contributed by atoms with E-state index in [1.807, 2.05) is 0 Å². The van der Waals surface area contributed by atoms with Crippen LogP contribution >= 0.6 is 22.4 Å². The van der Waals surface area contributed by atoms with E-state index in [1.165, 1.54) is 15.9 Å². The van der Waals surface area contributed by atoms with Crippen LogP contribution in [0.4, 0.5) is 0 Å². The van der Waals surface area contributed by atoms with E-state index in [4.69, 9.17) is 0 Å². The molecule has 0 aliphatic rings. The zero-order chi connectivity index (χ0) is 5.98. The van der Waals surface area contributed by atoms with Crippen molar-refractivity contribution < 1.29 is 0 Å². The first-order valence-corrected chi connectivity index (χ1v) is 5.25. The summed E-state index contributed by atoms with van der Waals surface area (Å²) < 4.78 is 5.07. The van der Waals surface area contributed by atoms with Crippen molar-refractivity contribution in [3.8, 4) is 0 Å². The molecule has 0 fully saturated rings. The van der Waals surface area contributed by atoms with Crippen molar-refractivity contribution in [2.24, 2.45) is 0 Å². The Kier molecular flexibility index (Phi) is 1.85. The average Bonchev–Trinajstić information content (AvgIpc) is 2.12. The summed E-state index contributed by atoms with van der Waals surface area (Å²) in [6, 6.07) is 0. The normalized spacial score (nSPS) is 11.5. The number of thiol groups is 1. The molecule has 0 bridgehead atoms. The Labute approximate surface area is 55.5 Å². The van der Waals surface area contributed by atoms with E-state index in [-0.39, 0.29) is 10.9 Å². The summed E-state index contributed by atoms with van der Waals surface area (Å²) in [6.45, 7) is 0. The number of hydrogen-bond donors (Lipinski definition) is 1. The summed E-state index contributed by atoms with van der Waals surface area (Å²) >= 11 is 1.50. The highest BCUT2D eigenvalue weighted by molar-refractivity contribution is 8.17. The predicted molar refractivity (Wildman–Crippen MR) is 39.0 cm³/mol. The van der Waals surface area contributed by atoms with E-state index in [0.29, 0.717) is 0 Å². The van der Waals surface area contributed by atoms with Crippen molar-refractivity contribution in [3.05, 3.63) is 6.33 Å². The summed E-state index contributed by atoms with van der Waals surface area (Å²) in [6.07, 6.45) is 5.97. The molecule has 0 N–H and O–H groups in total. The highest BCUT2D eigenvalue weighted by atomic mass is 32.2. The third kappa shape index (κ3) is 1.20. The fourth-order valence-corrected chi connectivity index (χ4v) is 1.72. The van der Waals surface area contributed by atoms with Crippen LogP contribution in [0, 0.1) is 0 Å². The lowest BCUT2D eigenvalue weighted by atomic mass is 11.3. The second kappa shape index (κ2) is 2.46. The Morgan fingerprint density at radius 1 is 1.62 bits per heavy atom. The lowest BCUT2D eigenvalue weighted by molar-refractivity contribution is 1.21. The molecular formula is C4H8N2S2. The van der Waals surface area contributed by atoms with Gasteiger partial charge in [0.2, 0.25) is 0 Å². The molecule has 0 amide bonds. The zero-order valence-electron chi connectivity index (χ0n) is 4.83. The van der Waals surface area contributed by atoms with Crippen LogP contribution in [0.5, 0.6) is 0 Å². The van der Waals surface area contributed by atoms with Gasteiger partial charge < -0.3 is 0 Å². The van der Waals surface area contributed by atoms with E-state index in [9.17, 15) is 0 Å². The Morgan fingerprint density at radius 2 is 2.38 bits per heavy atom. The monoisotopic (exact) mass is 148 g/mol. The molecule has 1 rings (SSSR count). The first-order valence-electron chi connectivity index (χ1n) is 2.24. The first-order chi connectivity index (χ1) is 3.80. The van der Waals surface area contributed by atoms with Crippen molar-refractivity contribution in [2.45, 2.75) is 4.34 Å². The van der Waals surface area contributed by atoms with Crippen LogP contribution < -0.4 is 0 Å². The van der Waals surface area contributed by atoms with Gasteiger partial charge in [-0.15, -0.1) is 0 Å². The second-order valence-corrected chi connectivity index (χ2v) is 4.91. The maximum Gasteiger partial charge on any atom is 0.149 e. The highest BCUT2D eigenvalue weighted by Gasteiger charge is 1.95. The SMILES string of the molecule is C[SH](C)c1ncns1. The smallest absolute Gasteiger partial charge is 0.149 e. The fourth-order valence-electron chi connectivity index (χ4n) is 0.364. The summed E-state index contributed by atoms with van der Waals surface area (Å²) in [5.74, 6) is 0. The Balaban J connectivity index is 2.77. The molecule has 0 radical (unpaired) electrons. The molecule has 0 atom stereocenters. The molecule has 0 saturated carbocycles. The van der Waals surface area contributed by atoms with Gasteiger partial charge in [-0.2, -0.15) is 4.37 Å². The molecular weight excluding hydrogens is 140 g/mol. The van der Waals surface area contributed by atoms with Crippen LogP contribution in [0.1, 0.15) is 0 Å². The van der Waals surface area contributed by atoms with Gasteiger partial charge in [0.25, 0.3) is 0 Å². The van der Waals surface area contributed by atoms with Crippen molar-refractivity contribution >= 4 is 22.4 Å². The summed E-state index contributed by atoms with van der Waals surface area (Å²) in [7, 11) is -0.0136. The molecule has 0 aliphatic heterocycles. The highest BCUT2D eigenvalue weighted by Crippen LogP contribution is 2.27. The lowest BCUT2D eigenvalue weighted by Crippen LogP contribution is -1.71. The van der Waals surface area contributed by atoms with Gasteiger partial charge in [-0.3, -0.25) is 0 Å². The minimum Gasteiger partial charge on any atom is -0.218 e. The van der Waals surface area contributed by atoms with Crippen molar-refractivity contribution in [3.63, 3.8) is 0 Å². The van der Waals surface area contributed by atoms with Crippen molar-refractivity contribution in [1.82, 2.24) is 9.36 Å². The van der Waals surface area contributed by atoms with Crippen LogP contribution in [0.2, 0.25) is 0 Å². The second-order valence-electron chi connectivity index (χ2n) is 1.62. The quantitative estimate of drug-likeness (QED) is 0.605. The largest absolute Gasteiger partial charge is 0.218 e. The summed E-state index contributed by atoms with van der Waals surface area (Å²) in [4.78, 5) is 4.05. The Hall–Kier alpha value is -0.0900. The molecule has 4 heteroatoms. The Morgan fingerprint density at radius 3 is 2.62 bits per heavy atom. The molecule has 2 nitrogen and oxygen atoms in total. The number of hydrogen-bond acceptors (Lipinski definition) is 3. The van der Waals surface area contributed by atoms with Gasteiger partial charge in [-0.1, -0.05) is 0 Å². The van der Waals surface area contributed by atoms with Crippen molar-refractivity contribution in [2.75, 3.05) is 12.5 Å². The van der Waals surface area contributed by atoms with E-state index in [2.05, 4.69) is 21.9 Å². The van der Waals surface area contributed by atoms with E-state index >= 15 is 0 Å². The minimum atomic E-state index is -0.0136. The summed E-state index contributed by atoms with van der Waals surface area (Å²) in [5.41, 5.74) is 0. The van der Waals surface area contributed by atoms with E-state index in [0.717, 1.165) is 0 Å². The van der Waals surface area contributed by atoms with E-state index in [1.54, 1.807) is 6.33 Å². The third-order valence-corrected chi connectivity index (χ3v) is 3.42. The maximum absolute atomic E-state index is 4.05. The molecule has 46 valence electrons. The molecule has 0 unspecified atom stereocenters. The van der Waals surface area contributed by atoms with Gasteiger partial charge in [0.05, 0.1) is 0 Å². The van der Waals surface area contributed by atoms with Gasteiger partial charge in [0.1, 0.15) is 10.7 Å². The molecule has 0 aliphatic carbocycles. The molecule has 0 aromatic carbocycles. The van der Waals surface area contributed by atoms with Gasteiger partial charge in [-0.05, 0) is 24.0 Å². The van der Waals surface area contributed by atoms with Crippen LogP contribution in [-0.4, -0.2) is 21.9 Å². The summed E-state index contributed by atoms with van der Waals surface area (Å²) in [5, 5.41) is 0. The maximum atomic E-state index is 4.05. The molecule has 0 spiro atoms. The molecule has 8 heavy (non-hydrogen) atoms. The van der Waals surface area contributed by atoms with Gasteiger partial charge in [0.15, 0.2) is 0 Å². The average molecular weight is 148 g/mol. The van der Waals surface area contributed by atoms with Crippen molar-refractivity contribution in [1.29, 1.82) is 0 Å². The molecule has 0 saturated heterocycles. The molecule has 1 heterocycles. The first kappa shape index (κ1) is 6.04. The minimum absolute atomic E-state index is 0.0136. The number of aromatic nitrogens is 2. The van der Waals surface area contributed by atoms with Gasteiger partial charge >= 0.3 is 0 Å². The Bertz CT molecular complexity index is 147. The van der Waals surface area contributed by atoms with E-state index < -0.39 is 0 Å². The lowest BCUT2D eigenvalue weighted by Gasteiger charge is -1.99. The number of rotatable bonds is 1. The molecule has 1 aromatic heterocycles. The van der Waals surface area contributed by atoms with Crippen LogP contribution in [-0.2, 0) is 0 Å². The molecule has 1 aromatic rings. The predicted octanol–water partition coefficient (Wildman–Crippen LogP) is 1.16. The third-order valence-electron chi connectivity index (χ3n) is 0.732. The number of nitrogens with zero attached hydrogens (tertiary/aromatic N) is 2.